The minimum Gasteiger partial charge on any atom is -0.345 e. The number of piperazine rings is 1. The van der Waals surface area contributed by atoms with Crippen molar-refractivity contribution in [1.82, 2.24) is 10.2 Å². The van der Waals surface area contributed by atoms with Crippen LogP contribution in [-0.2, 0) is 16.0 Å². The molecule has 1 N–H and O–H groups in total. The van der Waals surface area contributed by atoms with Gasteiger partial charge < -0.3 is 10.2 Å². The van der Waals surface area contributed by atoms with Gasteiger partial charge in [-0.3, -0.25) is 9.59 Å². The Morgan fingerprint density at radius 2 is 2.15 bits per heavy atom. The summed E-state index contributed by atoms with van der Waals surface area (Å²) in [5.74, 6) is -0.412. The molecule has 4 nitrogen and oxygen atoms in total. The largest absolute Gasteiger partial charge is 0.345 e. The topological polar surface area (TPSA) is 49.4 Å². The number of aryl methyl sites for hydroxylation is 1. The van der Waals surface area contributed by atoms with Crippen LogP contribution in [0.15, 0.2) is 18.2 Å². The van der Waals surface area contributed by atoms with Gasteiger partial charge in [0.1, 0.15) is 11.9 Å². The summed E-state index contributed by atoms with van der Waals surface area (Å²) in [5, 5.41) is 2.60. The molecule has 1 unspecified atom stereocenters. The van der Waals surface area contributed by atoms with E-state index in [1.165, 1.54) is 12.1 Å². The molecule has 2 amide bonds. The van der Waals surface area contributed by atoms with Crippen molar-refractivity contribution in [3.8, 4) is 0 Å². The number of halogens is 1. The van der Waals surface area contributed by atoms with Gasteiger partial charge in [0.05, 0.1) is 6.54 Å². The molecule has 0 aromatic heterocycles. The van der Waals surface area contributed by atoms with Gasteiger partial charge in [-0.1, -0.05) is 13.0 Å². The van der Waals surface area contributed by atoms with Crippen LogP contribution in [0.4, 0.5) is 4.39 Å². The van der Waals surface area contributed by atoms with Gasteiger partial charge in [0.25, 0.3) is 0 Å². The van der Waals surface area contributed by atoms with Gasteiger partial charge >= 0.3 is 0 Å². The highest BCUT2D eigenvalue weighted by molar-refractivity contribution is 5.94. The Morgan fingerprint density at radius 1 is 1.40 bits per heavy atom. The van der Waals surface area contributed by atoms with E-state index in [1.54, 1.807) is 11.0 Å². The Bertz CT molecular complexity index is 531. The van der Waals surface area contributed by atoms with E-state index in [4.69, 9.17) is 0 Å². The highest BCUT2D eigenvalue weighted by Gasteiger charge is 2.32. The molecule has 2 rings (SSSR count). The van der Waals surface area contributed by atoms with Crippen LogP contribution in [0.1, 0.15) is 24.5 Å². The van der Waals surface area contributed by atoms with Crippen LogP contribution in [0.2, 0.25) is 0 Å². The summed E-state index contributed by atoms with van der Waals surface area (Å²) >= 11 is 0. The maximum atomic E-state index is 13.1. The van der Waals surface area contributed by atoms with Crippen molar-refractivity contribution in [3.63, 3.8) is 0 Å². The fourth-order valence-electron chi connectivity index (χ4n) is 2.56. The molecule has 0 bridgehead atoms. The van der Waals surface area contributed by atoms with Gasteiger partial charge in [-0.05, 0) is 43.0 Å². The monoisotopic (exact) mass is 278 g/mol. The summed E-state index contributed by atoms with van der Waals surface area (Å²) in [7, 11) is 0. The van der Waals surface area contributed by atoms with Gasteiger partial charge in [0.2, 0.25) is 11.8 Å². The van der Waals surface area contributed by atoms with Crippen molar-refractivity contribution in [2.24, 2.45) is 0 Å². The van der Waals surface area contributed by atoms with Crippen molar-refractivity contribution in [2.45, 2.75) is 32.7 Å². The minimum atomic E-state index is -0.392. The lowest BCUT2D eigenvalue weighted by atomic mass is 10.0. The zero-order valence-corrected chi connectivity index (χ0v) is 11.8. The number of carbonyl (C=O) groups is 2. The maximum absolute atomic E-state index is 13.1. The second-order valence-electron chi connectivity index (χ2n) is 5.05. The van der Waals surface area contributed by atoms with Gasteiger partial charge in [-0.25, -0.2) is 4.39 Å². The maximum Gasteiger partial charge on any atom is 0.243 e. The van der Waals surface area contributed by atoms with E-state index >= 15 is 0 Å². The zero-order valence-electron chi connectivity index (χ0n) is 11.8. The molecular formula is C15H19FN2O2. The number of hydrogen-bond acceptors (Lipinski definition) is 2. The molecule has 1 aromatic rings. The first-order valence-electron chi connectivity index (χ1n) is 6.85. The first kappa shape index (κ1) is 14.5. The first-order chi connectivity index (χ1) is 9.52. The number of carbonyl (C=O) groups excluding carboxylic acids is 2. The second-order valence-corrected chi connectivity index (χ2v) is 5.05. The summed E-state index contributed by atoms with van der Waals surface area (Å²) in [6, 6.07) is 4.25. The van der Waals surface area contributed by atoms with Crippen LogP contribution >= 0.6 is 0 Å². The molecule has 1 fully saturated rings. The van der Waals surface area contributed by atoms with Gasteiger partial charge in [0, 0.05) is 6.54 Å². The van der Waals surface area contributed by atoms with Crippen LogP contribution in [0, 0.1) is 12.7 Å². The first-order valence-corrected chi connectivity index (χ1v) is 6.85. The van der Waals surface area contributed by atoms with Gasteiger partial charge in [-0.2, -0.15) is 0 Å². The SMILES string of the molecule is CCC1C(=O)NCC(=O)N1CCc1ccc(F)cc1C. The van der Waals surface area contributed by atoms with Crippen molar-refractivity contribution in [2.75, 3.05) is 13.1 Å². The number of rotatable bonds is 4. The third kappa shape index (κ3) is 2.98. The van der Waals surface area contributed by atoms with Crippen LogP contribution in [0.25, 0.3) is 0 Å². The molecule has 1 aliphatic heterocycles. The molecule has 5 heteroatoms. The van der Waals surface area contributed by atoms with E-state index in [1.807, 2.05) is 13.8 Å². The number of nitrogens with zero attached hydrogens (tertiary/aromatic N) is 1. The van der Waals surface area contributed by atoms with Crippen molar-refractivity contribution < 1.29 is 14.0 Å². The third-order valence-corrected chi connectivity index (χ3v) is 3.73. The van der Waals surface area contributed by atoms with E-state index in [9.17, 15) is 14.0 Å². The van der Waals surface area contributed by atoms with Crippen molar-refractivity contribution in [3.05, 3.63) is 35.1 Å². The molecule has 20 heavy (non-hydrogen) atoms. The summed E-state index contributed by atoms with van der Waals surface area (Å²) in [5.41, 5.74) is 1.87. The quantitative estimate of drug-likeness (QED) is 0.905. The lowest BCUT2D eigenvalue weighted by molar-refractivity contribution is -0.145. The predicted molar refractivity (Wildman–Crippen MR) is 73.6 cm³/mol. The molecule has 1 atom stereocenters. The molecule has 1 aromatic carbocycles. The Hall–Kier alpha value is -1.91. The predicted octanol–water partition coefficient (Wildman–Crippen LogP) is 1.41. The van der Waals surface area contributed by atoms with E-state index in [-0.39, 0.29) is 24.2 Å². The zero-order chi connectivity index (χ0) is 14.7. The number of hydrogen-bond donors (Lipinski definition) is 1. The normalized spacial score (nSPS) is 19.1. The van der Waals surface area contributed by atoms with E-state index < -0.39 is 6.04 Å². The number of nitrogens with one attached hydrogen (secondary N) is 1. The highest BCUT2D eigenvalue weighted by Crippen LogP contribution is 2.14. The van der Waals surface area contributed by atoms with E-state index in [0.29, 0.717) is 19.4 Å². The van der Waals surface area contributed by atoms with Crippen LogP contribution < -0.4 is 5.32 Å². The van der Waals surface area contributed by atoms with E-state index in [2.05, 4.69) is 5.32 Å². The minimum absolute atomic E-state index is 0.0591. The summed E-state index contributed by atoms with van der Waals surface area (Å²) < 4.78 is 13.1. The Morgan fingerprint density at radius 3 is 2.80 bits per heavy atom. The fourth-order valence-corrected chi connectivity index (χ4v) is 2.56. The molecule has 0 saturated carbocycles. The Balaban J connectivity index is 2.07. The van der Waals surface area contributed by atoms with Crippen LogP contribution in [0.3, 0.4) is 0 Å². The molecule has 1 heterocycles. The average Bonchev–Trinajstić information content (AvgIpc) is 2.41. The lowest BCUT2D eigenvalue weighted by Crippen LogP contribution is -2.58. The number of amides is 2. The molecule has 1 saturated heterocycles. The molecule has 0 spiro atoms. The number of benzene rings is 1. The van der Waals surface area contributed by atoms with Crippen molar-refractivity contribution >= 4 is 11.8 Å². The summed E-state index contributed by atoms with van der Waals surface area (Å²) in [6.45, 7) is 4.29. The lowest BCUT2D eigenvalue weighted by Gasteiger charge is -2.34. The van der Waals surface area contributed by atoms with Crippen molar-refractivity contribution in [1.29, 1.82) is 0 Å². The molecule has 108 valence electrons. The van der Waals surface area contributed by atoms with Crippen LogP contribution in [-0.4, -0.2) is 35.8 Å². The fraction of sp³-hybridized carbons (Fsp3) is 0.467. The average molecular weight is 278 g/mol. The molecule has 0 aliphatic carbocycles. The van der Waals surface area contributed by atoms with Gasteiger partial charge in [-0.15, -0.1) is 0 Å². The molecule has 0 radical (unpaired) electrons. The molecular weight excluding hydrogens is 259 g/mol. The smallest absolute Gasteiger partial charge is 0.243 e. The Labute approximate surface area is 118 Å². The van der Waals surface area contributed by atoms with E-state index in [0.717, 1.165) is 11.1 Å². The van der Waals surface area contributed by atoms with Gasteiger partial charge in [0.15, 0.2) is 0 Å². The molecule has 1 aliphatic rings. The third-order valence-electron chi connectivity index (χ3n) is 3.73. The standard InChI is InChI=1S/C15H19FN2O2/c1-3-13-15(20)17-9-14(19)18(13)7-6-11-4-5-12(16)8-10(11)2/h4-5,8,13H,3,6-7,9H2,1-2H3,(H,17,20). The van der Waals surface area contributed by atoms with Crippen LogP contribution in [0.5, 0.6) is 0 Å². The second kappa shape index (κ2) is 6.03. The highest BCUT2D eigenvalue weighted by atomic mass is 19.1. The summed E-state index contributed by atoms with van der Waals surface area (Å²) in [6.07, 6.45) is 1.22. The summed E-state index contributed by atoms with van der Waals surface area (Å²) in [4.78, 5) is 25.3. The Kier molecular flexibility index (Phi) is 4.37.